The molecule has 0 saturated carbocycles. The number of carboxylic acids is 1. The van der Waals surface area contributed by atoms with Crippen LogP contribution in [-0.4, -0.2) is 90.7 Å². The topological polar surface area (TPSA) is 156 Å². The van der Waals surface area contributed by atoms with Gasteiger partial charge in [0.1, 0.15) is 11.2 Å². The number of nitrogens with one attached hydrogen (secondary N) is 3. The highest BCUT2D eigenvalue weighted by Gasteiger charge is 2.39. The molecule has 4 rings (SSSR count). The van der Waals surface area contributed by atoms with E-state index in [9.17, 15) is 24.3 Å². The summed E-state index contributed by atoms with van der Waals surface area (Å²) >= 11 is 0. The summed E-state index contributed by atoms with van der Waals surface area (Å²) in [5.41, 5.74) is -0.0175. The van der Waals surface area contributed by atoms with Crippen LogP contribution in [0.4, 0.5) is 9.59 Å². The summed E-state index contributed by atoms with van der Waals surface area (Å²) in [6.45, 7) is 13.3. The lowest BCUT2D eigenvalue weighted by Crippen LogP contribution is -2.45. The molecule has 2 amide bonds. The summed E-state index contributed by atoms with van der Waals surface area (Å²) in [5, 5.41) is 20.3. The molecule has 2 aromatic rings. The van der Waals surface area contributed by atoms with Gasteiger partial charge in [0.25, 0.3) is 0 Å². The molecule has 0 bridgehead atoms. The maximum atomic E-state index is 12.1. The molecule has 2 saturated heterocycles. The molecule has 2 fully saturated rings. The van der Waals surface area contributed by atoms with Crippen molar-refractivity contribution in [3.05, 3.63) is 48.0 Å². The van der Waals surface area contributed by atoms with E-state index in [-0.39, 0.29) is 17.9 Å². The number of carbonyl (C=O) groups is 4. The number of ether oxygens (including phenoxy) is 3. The average molecular weight is 615 g/mol. The van der Waals surface area contributed by atoms with Crippen molar-refractivity contribution in [1.29, 1.82) is 0 Å². The quantitative estimate of drug-likeness (QED) is 0.281. The minimum atomic E-state index is -0.906. The highest BCUT2D eigenvalue weighted by Crippen LogP contribution is 2.25. The molecular weight excluding hydrogens is 568 g/mol. The molecule has 2 aliphatic heterocycles. The van der Waals surface area contributed by atoms with Gasteiger partial charge in [0, 0.05) is 32.7 Å². The number of rotatable bonds is 6. The van der Waals surface area contributed by atoms with Crippen molar-refractivity contribution in [3.8, 4) is 0 Å². The van der Waals surface area contributed by atoms with Crippen molar-refractivity contribution in [2.45, 2.75) is 71.4 Å². The Morgan fingerprint density at radius 1 is 0.841 bits per heavy atom. The molecule has 242 valence electrons. The lowest BCUT2D eigenvalue weighted by Gasteiger charge is -2.23. The highest BCUT2D eigenvalue weighted by atomic mass is 16.6. The van der Waals surface area contributed by atoms with Gasteiger partial charge in [0.05, 0.1) is 31.0 Å². The van der Waals surface area contributed by atoms with E-state index in [1.807, 2.05) is 18.2 Å². The largest absolute Gasteiger partial charge is 0.481 e. The fourth-order valence-electron chi connectivity index (χ4n) is 5.23. The number of alkyl carbamates (subject to hydrolysis) is 2. The van der Waals surface area contributed by atoms with Crippen LogP contribution in [0.1, 0.15) is 47.1 Å². The number of likely N-dealkylation sites (tertiary alicyclic amines) is 1. The van der Waals surface area contributed by atoms with Gasteiger partial charge in [-0.05, 0) is 57.9 Å². The Balaban J connectivity index is 0.000000269. The predicted molar refractivity (Wildman–Crippen MR) is 165 cm³/mol. The number of nitrogens with zero attached hydrogens (tertiary/aromatic N) is 1. The molecule has 12 nitrogen and oxygen atoms in total. The zero-order valence-electron chi connectivity index (χ0n) is 26.6. The lowest BCUT2D eigenvalue weighted by atomic mass is 10.0. The third-order valence-electron chi connectivity index (χ3n) is 7.11. The number of fused-ring (bicyclic) bond motifs is 1. The maximum Gasteiger partial charge on any atom is 0.407 e. The van der Waals surface area contributed by atoms with E-state index in [1.165, 1.54) is 7.11 Å². The molecule has 0 aromatic heterocycles. The Labute approximate surface area is 258 Å². The van der Waals surface area contributed by atoms with E-state index >= 15 is 0 Å². The van der Waals surface area contributed by atoms with Crippen LogP contribution < -0.4 is 16.0 Å². The van der Waals surface area contributed by atoms with Crippen LogP contribution in [0.3, 0.4) is 0 Å². The Kier molecular flexibility index (Phi) is 11.6. The fraction of sp³-hybridized carbons (Fsp3) is 0.562. The number of carboxylic acid groups (broad SMARTS) is 1. The van der Waals surface area contributed by atoms with Crippen LogP contribution in [0, 0.1) is 11.8 Å². The van der Waals surface area contributed by atoms with E-state index in [4.69, 9.17) is 9.47 Å². The highest BCUT2D eigenvalue weighted by molar-refractivity contribution is 5.85. The van der Waals surface area contributed by atoms with Crippen molar-refractivity contribution < 1.29 is 38.5 Å². The van der Waals surface area contributed by atoms with Gasteiger partial charge in [-0.15, -0.1) is 0 Å². The maximum absolute atomic E-state index is 12.1. The van der Waals surface area contributed by atoms with E-state index < -0.39 is 41.3 Å². The summed E-state index contributed by atoms with van der Waals surface area (Å²) < 4.78 is 15.1. The standard InChI is InChI=1S/C21H26N2O4.C11H20N2O4/c1-21(2,3)27-20(26)22-18-13-23(12-17(18)19(24)25)11-15-9-6-8-14-7-4-5-10-16(14)15;1-11(2,3)17-10(15)13-8-6-12-5-7(8)9(14)16-4/h4-10,17-18H,11-13H2,1-3H3,(H,22,26)(H,24,25);7-8,12H,5-6H2,1-4H3,(H,13,15)/t17?,18-;7?,8-/m11/s1. The van der Waals surface area contributed by atoms with Gasteiger partial charge < -0.3 is 35.3 Å². The minimum absolute atomic E-state index is 0.280. The van der Waals surface area contributed by atoms with E-state index in [0.717, 1.165) is 16.3 Å². The second kappa shape index (κ2) is 14.7. The molecule has 0 radical (unpaired) electrons. The zero-order valence-corrected chi connectivity index (χ0v) is 26.6. The Morgan fingerprint density at radius 3 is 2.02 bits per heavy atom. The SMILES string of the molecule is CC(C)(C)OC(=O)N[C@@H]1CN(Cc2cccc3ccccc23)CC1C(=O)O.COC(=O)C1CNC[C@H]1NC(=O)OC(C)(C)C. The Hall–Kier alpha value is -3.90. The van der Waals surface area contributed by atoms with Gasteiger partial charge in [0.2, 0.25) is 0 Å². The number of hydrogen-bond donors (Lipinski definition) is 4. The third-order valence-corrected chi connectivity index (χ3v) is 7.11. The van der Waals surface area contributed by atoms with Gasteiger partial charge in [-0.2, -0.15) is 0 Å². The van der Waals surface area contributed by atoms with E-state index in [0.29, 0.717) is 32.7 Å². The van der Waals surface area contributed by atoms with Crippen LogP contribution in [0.15, 0.2) is 42.5 Å². The van der Waals surface area contributed by atoms with Gasteiger partial charge in [-0.25, -0.2) is 9.59 Å². The van der Waals surface area contributed by atoms with Gasteiger partial charge >= 0.3 is 24.1 Å². The summed E-state index contributed by atoms with van der Waals surface area (Å²) in [6, 6.07) is 13.5. The summed E-state index contributed by atoms with van der Waals surface area (Å²) in [4.78, 5) is 48.8. The molecule has 4 atom stereocenters. The van der Waals surface area contributed by atoms with Crippen molar-refractivity contribution in [1.82, 2.24) is 20.9 Å². The molecule has 4 N–H and O–H groups in total. The lowest BCUT2D eigenvalue weighted by molar-refractivity contribution is -0.145. The first-order valence-electron chi connectivity index (χ1n) is 14.8. The minimum Gasteiger partial charge on any atom is -0.481 e. The molecule has 12 heteroatoms. The van der Waals surface area contributed by atoms with E-state index in [2.05, 4.69) is 49.9 Å². The van der Waals surface area contributed by atoms with Gasteiger partial charge in [0.15, 0.2) is 0 Å². The molecule has 2 heterocycles. The van der Waals surface area contributed by atoms with Crippen molar-refractivity contribution in [2.24, 2.45) is 11.8 Å². The van der Waals surface area contributed by atoms with Crippen LogP contribution in [0.5, 0.6) is 0 Å². The van der Waals surface area contributed by atoms with Crippen molar-refractivity contribution in [2.75, 3.05) is 33.3 Å². The number of benzene rings is 2. The summed E-state index contributed by atoms with van der Waals surface area (Å²) in [7, 11) is 1.34. The number of amides is 2. The molecule has 0 aliphatic carbocycles. The fourth-order valence-corrected chi connectivity index (χ4v) is 5.23. The van der Waals surface area contributed by atoms with Gasteiger partial charge in [-0.3, -0.25) is 14.5 Å². The molecule has 2 aliphatic rings. The summed E-state index contributed by atoms with van der Waals surface area (Å²) in [5.74, 6) is -2.24. The van der Waals surface area contributed by atoms with Crippen LogP contribution in [-0.2, 0) is 30.3 Å². The second-order valence-corrected chi connectivity index (χ2v) is 13.1. The first-order valence-corrected chi connectivity index (χ1v) is 14.8. The number of methoxy groups -OCH3 is 1. The van der Waals surface area contributed by atoms with E-state index in [1.54, 1.807) is 41.5 Å². The number of aliphatic carboxylic acids is 1. The van der Waals surface area contributed by atoms with Crippen LogP contribution in [0.25, 0.3) is 10.8 Å². The van der Waals surface area contributed by atoms with Crippen molar-refractivity contribution in [3.63, 3.8) is 0 Å². The molecular formula is C32H46N4O8. The zero-order chi connectivity index (χ0) is 32.7. The summed E-state index contributed by atoms with van der Waals surface area (Å²) in [6.07, 6.45) is -1.09. The second-order valence-electron chi connectivity index (χ2n) is 13.1. The van der Waals surface area contributed by atoms with Gasteiger partial charge in [-0.1, -0.05) is 42.5 Å². The monoisotopic (exact) mass is 614 g/mol. The number of hydrogen-bond acceptors (Lipinski definition) is 9. The average Bonchev–Trinajstić information content (AvgIpc) is 3.53. The predicted octanol–water partition coefficient (Wildman–Crippen LogP) is 3.52. The molecule has 2 unspecified atom stereocenters. The Morgan fingerprint density at radius 2 is 1.43 bits per heavy atom. The number of esters is 1. The van der Waals surface area contributed by atoms with Crippen LogP contribution in [0.2, 0.25) is 0 Å². The van der Waals surface area contributed by atoms with Crippen LogP contribution >= 0.6 is 0 Å². The number of carbonyl (C=O) groups excluding carboxylic acids is 3. The van der Waals surface area contributed by atoms with Crippen molar-refractivity contribution >= 4 is 34.9 Å². The smallest absolute Gasteiger partial charge is 0.407 e. The first kappa shape index (κ1) is 34.6. The molecule has 2 aromatic carbocycles. The normalized spacial score (nSPS) is 22.0. The molecule has 44 heavy (non-hydrogen) atoms. The Bertz CT molecular complexity index is 1310. The molecule has 0 spiro atoms. The first-order chi connectivity index (χ1) is 20.6. The third kappa shape index (κ3) is 10.4.